The molecule has 0 atom stereocenters. The molecule has 82 valence electrons. The van der Waals surface area contributed by atoms with Crippen molar-refractivity contribution in [3.63, 3.8) is 0 Å². The van der Waals surface area contributed by atoms with E-state index < -0.39 is 0 Å². The Balaban J connectivity index is 2.62. The molecule has 15 heavy (non-hydrogen) atoms. The fraction of sp³-hybridized carbons (Fsp3) is 0.364. The molecule has 0 saturated heterocycles. The molecule has 1 aromatic rings. The van der Waals surface area contributed by atoms with Crippen LogP contribution >= 0.6 is 27.5 Å². The Bertz CT molecular complexity index is 354. The van der Waals surface area contributed by atoms with Gasteiger partial charge in [0.1, 0.15) is 0 Å². The average Bonchev–Trinajstić information content (AvgIpc) is 2.22. The molecular weight excluding hydrogens is 277 g/mol. The smallest absolute Gasteiger partial charge is 0.251 e. The maximum Gasteiger partial charge on any atom is 0.251 e. The molecule has 4 heteroatoms. The lowest BCUT2D eigenvalue weighted by Gasteiger charge is -2.05. The lowest BCUT2D eigenvalue weighted by atomic mass is 10.2. The largest absolute Gasteiger partial charge is 0.352 e. The van der Waals surface area contributed by atoms with E-state index in [2.05, 4.69) is 28.2 Å². The average molecular weight is 291 g/mol. The number of benzene rings is 1. The number of carbonyl (C=O) groups excluding carboxylic acids is 1. The van der Waals surface area contributed by atoms with Crippen LogP contribution in [0.15, 0.2) is 22.7 Å². The van der Waals surface area contributed by atoms with Gasteiger partial charge < -0.3 is 5.32 Å². The van der Waals surface area contributed by atoms with Crippen molar-refractivity contribution in [1.29, 1.82) is 0 Å². The standard InChI is InChI=1S/C11H13BrClNO/c1-2-3-6-14-11(15)8-4-5-9(12)10(13)7-8/h4-5,7H,2-3,6H2,1H3,(H,14,15). The molecule has 0 unspecified atom stereocenters. The predicted octanol–water partition coefficient (Wildman–Crippen LogP) is 3.63. The molecule has 0 fully saturated rings. The third-order valence-corrected chi connectivity index (χ3v) is 3.23. The molecule has 0 aliphatic rings. The number of rotatable bonds is 4. The van der Waals surface area contributed by atoms with Crippen molar-refractivity contribution < 1.29 is 4.79 Å². The minimum Gasteiger partial charge on any atom is -0.352 e. The summed E-state index contributed by atoms with van der Waals surface area (Å²) in [7, 11) is 0. The van der Waals surface area contributed by atoms with Gasteiger partial charge in [-0.15, -0.1) is 0 Å². The van der Waals surface area contributed by atoms with Crippen molar-refractivity contribution in [3.8, 4) is 0 Å². The summed E-state index contributed by atoms with van der Waals surface area (Å²) in [5, 5.41) is 3.39. The maximum absolute atomic E-state index is 11.6. The third kappa shape index (κ3) is 3.84. The third-order valence-electron chi connectivity index (χ3n) is 2.00. The van der Waals surface area contributed by atoms with E-state index in [1.807, 2.05) is 0 Å². The topological polar surface area (TPSA) is 29.1 Å². The highest BCUT2D eigenvalue weighted by molar-refractivity contribution is 9.10. The number of unbranched alkanes of at least 4 members (excludes halogenated alkanes) is 1. The summed E-state index contributed by atoms with van der Waals surface area (Å²) in [5.74, 6) is -0.0714. The lowest BCUT2D eigenvalue weighted by Crippen LogP contribution is -2.24. The van der Waals surface area contributed by atoms with Gasteiger partial charge in [0.05, 0.1) is 5.02 Å². The van der Waals surface area contributed by atoms with Crippen molar-refractivity contribution in [2.75, 3.05) is 6.54 Å². The van der Waals surface area contributed by atoms with E-state index in [0.29, 0.717) is 17.1 Å². The van der Waals surface area contributed by atoms with E-state index >= 15 is 0 Å². The van der Waals surface area contributed by atoms with Crippen LogP contribution in [0.25, 0.3) is 0 Å². The van der Waals surface area contributed by atoms with Gasteiger partial charge in [-0.05, 0) is 40.5 Å². The van der Waals surface area contributed by atoms with E-state index in [4.69, 9.17) is 11.6 Å². The molecule has 0 heterocycles. The van der Waals surface area contributed by atoms with Gasteiger partial charge in [0.25, 0.3) is 5.91 Å². The molecule has 1 amide bonds. The molecule has 0 bridgehead atoms. The Labute approximate surface area is 103 Å². The van der Waals surface area contributed by atoms with Crippen molar-refractivity contribution in [2.45, 2.75) is 19.8 Å². The van der Waals surface area contributed by atoms with Gasteiger partial charge in [-0.2, -0.15) is 0 Å². The van der Waals surface area contributed by atoms with E-state index in [1.54, 1.807) is 18.2 Å². The highest BCUT2D eigenvalue weighted by Crippen LogP contribution is 2.23. The quantitative estimate of drug-likeness (QED) is 0.843. The molecule has 1 rings (SSSR count). The zero-order valence-electron chi connectivity index (χ0n) is 8.52. The normalized spacial score (nSPS) is 10.1. The van der Waals surface area contributed by atoms with E-state index in [-0.39, 0.29) is 5.91 Å². The first-order valence-electron chi connectivity index (χ1n) is 4.88. The van der Waals surface area contributed by atoms with Gasteiger partial charge in [0, 0.05) is 16.6 Å². The Morgan fingerprint density at radius 2 is 2.27 bits per heavy atom. The predicted molar refractivity (Wildman–Crippen MR) is 66.4 cm³/mol. The van der Waals surface area contributed by atoms with Gasteiger partial charge >= 0.3 is 0 Å². The summed E-state index contributed by atoms with van der Waals surface area (Å²) < 4.78 is 0.800. The van der Waals surface area contributed by atoms with E-state index in [0.717, 1.165) is 17.3 Å². The van der Waals surface area contributed by atoms with Crippen LogP contribution in [0.5, 0.6) is 0 Å². The fourth-order valence-corrected chi connectivity index (χ4v) is 1.55. The lowest BCUT2D eigenvalue weighted by molar-refractivity contribution is 0.0953. The number of carbonyl (C=O) groups is 1. The second-order valence-corrected chi connectivity index (χ2v) is 4.50. The van der Waals surface area contributed by atoms with E-state index in [9.17, 15) is 4.79 Å². The van der Waals surface area contributed by atoms with Gasteiger partial charge in [-0.3, -0.25) is 4.79 Å². The number of amides is 1. The minimum absolute atomic E-state index is 0.0714. The molecule has 0 saturated carbocycles. The molecule has 0 aliphatic heterocycles. The summed E-state index contributed by atoms with van der Waals surface area (Å²) in [6.45, 7) is 2.80. The van der Waals surface area contributed by atoms with Gasteiger partial charge in [0.2, 0.25) is 0 Å². The van der Waals surface area contributed by atoms with Crippen LogP contribution in [-0.4, -0.2) is 12.5 Å². The Morgan fingerprint density at radius 3 is 2.87 bits per heavy atom. The number of halogens is 2. The molecule has 0 radical (unpaired) electrons. The molecule has 0 spiro atoms. The number of nitrogens with one attached hydrogen (secondary N) is 1. The summed E-state index contributed by atoms with van der Waals surface area (Å²) in [4.78, 5) is 11.6. The van der Waals surface area contributed by atoms with Crippen molar-refractivity contribution in [3.05, 3.63) is 33.3 Å². The molecule has 0 aliphatic carbocycles. The van der Waals surface area contributed by atoms with Crippen LogP contribution in [0.2, 0.25) is 5.02 Å². The van der Waals surface area contributed by atoms with Crippen LogP contribution in [0.3, 0.4) is 0 Å². The summed E-state index contributed by atoms with van der Waals surface area (Å²) in [5.41, 5.74) is 0.597. The minimum atomic E-state index is -0.0714. The first-order valence-corrected chi connectivity index (χ1v) is 6.05. The second kappa shape index (κ2) is 6.13. The second-order valence-electron chi connectivity index (χ2n) is 3.24. The van der Waals surface area contributed by atoms with Gasteiger partial charge in [-0.25, -0.2) is 0 Å². The Hall–Kier alpha value is -0.540. The van der Waals surface area contributed by atoms with Crippen molar-refractivity contribution in [2.24, 2.45) is 0 Å². The molecule has 1 aromatic carbocycles. The monoisotopic (exact) mass is 289 g/mol. The fourth-order valence-electron chi connectivity index (χ4n) is 1.12. The first kappa shape index (κ1) is 12.5. The van der Waals surface area contributed by atoms with Crippen LogP contribution in [0.1, 0.15) is 30.1 Å². The van der Waals surface area contributed by atoms with E-state index in [1.165, 1.54) is 0 Å². The van der Waals surface area contributed by atoms with Crippen molar-refractivity contribution in [1.82, 2.24) is 5.32 Å². The summed E-state index contributed by atoms with van der Waals surface area (Å²) >= 11 is 9.17. The summed E-state index contributed by atoms with van der Waals surface area (Å²) in [6, 6.07) is 5.18. The maximum atomic E-state index is 11.6. The van der Waals surface area contributed by atoms with Gasteiger partial charge in [0.15, 0.2) is 0 Å². The Morgan fingerprint density at radius 1 is 1.53 bits per heavy atom. The van der Waals surface area contributed by atoms with Crippen LogP contribution in [0, 0.1) is 0 Å². The zero-order valence-corrected chi connectivity index (χ0v) is 10.9. The molecular formula is C11H13BrClNO. The number of hydrogen-bond donors (Lipinski definition) is 1. The Kier molecular flexibility index (Phi) is 5.12. The van der Waals surface area contributed by atoms with Crippen LogP contribution in [0.4, 0.5) is 0 Å². The molecule has 2 nitrogen and oxygen atoms in total. The molecule has 0 aromatic heterocycles. The highest BCUT2D eigenvalue weighted by atomic mass is 79.9. The zero-order chi connectivity index (χ0) is 11.3. The van der Waals surface area contributed by atoms with Crippen LogP contribution < -0.4 is 5.32 Å². The molecule has 1 N–H and O–H groups in total. The number of hydrogen-bond acceptors (Lipinski definition) is 1. The SMILES string of the molecule is CCCCNC(=O)c1ccc(Br)c(Cl)c1. The van der Waals surface area contributed by atoms with Crippen LogP contribution in [-0.2, 0) is 0 Å². The van der Waals surface area contributed by atoms with Gasteiger partial charge in [-0.1, -0.05) is 24.9 Å². The summed E-state index contributed by atoms with van der Waals surface area (Å²) in [6.07, 6.45) is 2.07. The highest BCUT2D eigenvalue weighted by Gasteiger charge is 2.06. The van der Waals surface area contributed by atoms with Crippen molar-refractivity contribution >= 4 is 33.4 Å². The first-order chi connectivity index (χ1) is 7.15.